The molecular formula is C14H19NO2. The molecule has 1 aromatic carbocycles. The molecule has 0 bridgehead atoms. The Morgan fingerprint density at radius 2 is 2.12 bits per heavy atom. The van der Waals surface area contributed by atoms with Crippen molar-refractivity contribution >= 4 is 5.97 Å². The highest BCUT2D eigenvalue weighted by Gasteiger charge is 2.16. The average Bonchev–Trinajstić information content (AvgIpc) is 2.50. The van der Waals surface area contributed by atoms with Crippen LogP contribution in [0.1, 0.15) is 24.5 Å². The Balaban J connectivity index is 2.00. The van der Waals surface area contributed by atoms with Gasteiger partial charge in [0.1, 0.15) is 0 Å². The number of nitrogens with zero attached hydrogens (tertiary/aromatic N) is 1. The van der Waals surface area contributed by atoms with Crippen molar-refractivity contribution in [2.45, 2.75) is 26.3 Å². The molecule has 0 atom stereocenters. The summed E-state index contributed by atoms with van der Waals surface area (Å²) in [4.78, 5) is 13.6. The molecule has 0 unspecified atom stereocenters. The van der Waals surface area contributed by atoms with E-state index in [4.69, 9.17) is 4.74 Å². The Bertz CT molecular complexity index is 390. The van der Waals surface area contributed by atoms with E-state index in [0.29, 0.717) is 13.2 Å². The van der Waals surface area contributed by atoms with E-state index in [0.717, 1.165) is 25.9 Å². The normalized spacial score (nSPS) is 16.1. The summed E-state index contributed by atoms with van der Waals surface area (Å²) in [6.45, 7) is 4.53. The molecule has 0 radical (unpaired) electrons. The summed E-state index contributed by atoms with van der Waals surface area (Å²) in [7, 11) is 0. The minimum atomic E-state index is -0.119. The zero-order valence-corrected chi connectivity index (χ0v) is 10.3. The summed E-state index contributed by atoms with van der Waals surface area (Å²) in [5.74, 6) is -0.119. The zero-order valence-electron chi connectivity index (χ0n) is 10.3. The summed E-state index contributed by atoms with van der Waals surface area (Å²) in [6, 6.07) is 8.48. The maximum Gasteiger partial charge on any atom is 0.320 e. The second kappa shape index (κ2) is 5.82. The van der Waals surface area contributed by atoms with E-state index in [9.17, 15) is 4.79 Å². The van der Waals surface area contributed by atoms with Crippen LogP contribution in [-0.2, 0) is 22.5 Å². The van der Waals surface area contributed by atoms with Crippen LogP contribution in [0.4, 0.5) is 0 Å². The van der Waals surface area contributed by atoms with Crippen LogP contribution in [-0.4, -0.2) is 30.6 Å². The fourth-order valence-electron chi connectivity index (χ4n) is 2.29. The molecule has 0 aromatic heterocycles. The fraction of sp³-hybridized carbons (Fsp3) is 0.500. The van der Waals surface area contributed by atoms with Crippen LogP contribution < -0.4 is 0 Å². The monoisotopic (exact) mass is 233 g/mol. The molecule has 3 heteroatoms. The van der Waals surface area contributed by atoms with Gasteiger partial charge in [0, 0.05) is 6.54 Å². The highest BCUT2D eigenvalue weighted by atomic mass is 16.5. The third kappa shape index (κ3) is 3.30. The molecule has 0 fully saturated rings. The number of hydrogen-bond donors (Lipinski definition) is 0. The summed E-state index contributed by atoms with van der Waals surface area (Å²) >= 11 is 0. The summed E-state index contributed by atoms with van der Waals surface area (Å²) < 4.78 is 4.99. The topological polar surface area (TPSA) is 29.5 Å². The highest BCUT2D eigenvalue weighted by Crippen LogP contribution is 2.18. The number of rotatable bonds is 3. The number of esters is 1. The zero-order chi connectivity index (χ0) is 12.1. The third-order valence-electron chi connectivity index (χ3n) is 3.09. The molecule has 0 aliphatic carbocycles. The average molecular weight is 233 g/mol. The van der Waals surface area contributed by atoms with Crippen molar-refractivity contribution in [1.29, 1.82) is 0 Å². The number of fused-ring (bicyclic) bond motifs is 1. The van der Waals surface area contributed by atoms with Gasteiger partial charge in [-0.25, -0.2) is 0 Å². The van der Waals surface area contributed by atoms with Gasteiger partial charge in [0.15, 0.2) is 0 Å². The lowest BCUT2D eigenvalue weighted by Gasteiger charge is -2.19. The van der Waals surface area contributed by atoms with Crippen LogP contribution >= 0.6 is 0 Å². The Morgan fingerprint density at radius 3 is 2.88 bits per heavy atom. The van der Waals surface area contributed by atoms with Gasteiger partial charge >= 0.3 is 5.97 Å². The molecule has 0 spiro atoms. The van der Waals surface area contributed by atoms with Gasteiger partial charge in [-0.1, -0.05) is 24.3 Å². The van der Waals surface area contributed by atoms with Crippen molar-refractivity contribution in [3.05, 3.63) is 35.4 Å². The van der Waals surface area contributed by atoms with Crippen molar-refractivity contribution in [3.8, 4) is 0 Å². The number of carbonyl (C=O) groups excluding carboxylic acids is 1. The van der Waals surface area contributed by atoms with Gasteiger partial charge in [0.25, 0.3) is 0 Å². The summed E-state index contributed by atoms with van der Waals surface area (Å²) in [5.41, 5.74) is 2.76. The SMILES string of the molecule is CCOC(=O)CN1CCCc2ccccc2C1. The number of hydrogen-bond acceptors (Lipinski definition) is 3. The molecule has 0 N–H and O–H groups in total. The predicted octanol–water partition coefficient (Wildman–Crippen LogP) is 2.00. The van der Waals surface area contributed by atoms with E-state index in [1.54, 1.807) is 0 Å². The Labute approximate surface area is 102 Å². The molecule has 1 aromatic rings. The summed E-state index contributed by atoms with van der Waals surface area (Å²) in [5, 5.41) is 0. The van der Waals surface area contributed by atoms with E-state index in [-0.39, 0.29) is 5.97 Å². The van der Waals surface area contributed by atoms with E-state index >= 15 is 0 Å². The smallest absolute Gasteiger partial charge is 0.320 e. The summed E-state index contributed by atoms with van der Waals surface area (Å²) in [6.07, 6.45) is 2.21. The van der Waals surface area contributed by atoms with E-state index < -0.39 is 0 Å². The molecule has 0 amide bonds. The van der Waals surface area contributed by atoms with Crippen molar-refractivity contribution in [2.75, 3.05) is 19.7 Å². The minimum Gasteiger partial charge on any atom is -0.465 e. The lowest BCUT2D eigenvalue weighted by Crippen LogP contribution is -2.30. The molecule has 92 valence electrons. The molecule has 3 nitrogen and oxygen atoms in total. The van der Waals surface area contributed by atoms with Crippen molar-refractivity contribution in [1.82, 2.24) is 4.90 Å². The van der Waals surface area contributed by atoms with Crippen LogP contribution in [0.25, 0.3) is 0 Å². The molecule has 0 saturated heterocycles. The molecule has 1 heterocycles. The van der Waals surface area contributed by atoms with Gasteiger partial charge in [-0.2, -0.15) is 0 Å². The van der Waals surface area contributed by atoms with Gasteiger partial charge in [-0.05, 0) is 37.4 Å². The molecular weight excluding hydrogens is 214 g/mol. The first kappa shape index (κ1) is 12.1. The highest BCUT2D eigenvalue weighted by molar-refractivity contribution is 5.71. The second-order valence-electron chi connectivity index (χ2n) is 4.39. The van der Waals surface area contributed by atoms with E-state index in [2.05, 4.69) is 29.2 Å². The Morgan fingerprint density at radius 1 is 1.35 bits per heavy atom. The van der Waals surface area contributed by atoms with Gasteiger partial charge in [0.2, 0.25) is 0 Å². The Hall–Kier alpha value is -1.35. The van der Waals surface area contributed by atoms with E-state index in [1.807, 2.05) is 6.92 Å². The quantitative estimate of drug-likeness (QED) is 0.748. The maximum atomic E-state index is 11.5. The van der Waals surface area contributed by atoms with Crippen molar-refractivity contribution in [3.63, 3.8) is 0 Å². The van der Waals surface area contributed by atoms with Gasteiger partial charge in [-0.15, -0.1) is 0 Å². The Kier molecular flexibility index (Phi) is 4.15. The molecule has 1 aliphatic rings. The first-order valence-corrected chi connectivity index (χ1v) is 6.24. The molecule has 2 rings (SSSR count). The lowest BCUT2D eigenvalue weighted by atomic mass is 10.0. The first-order chi connectivity index (χ1) is 8.29. The second-order valence-corrected chi connectivity index (χ2v) is 4.39. The number of benzene rings is 1. The number of aryl methyl sites for hydroxylation is 1. The standard InChI is InChI=1S/C14H19NO2/c1-2-17-14(16)11-15-9-5-8-12-6-3-4-7-13(12)10-15/h3-4,6-7H,2,5,8-11H2,1H3. The third-order valence-corrected chi connectivity index (χ3v) is 3.09. The van der Waals surface area contributed by atoms with Crippen LogP contribution in [0.3, 0.4) is 0 Å². The van der Waals surface area contributed by atoms with Crippen LogP contribution in [0.5, 0.6) is 0 Å². The van der Waals surface area contributed by atoms with Crippen molar-refractivity contribution in [2.24, 2.45) is 0 Å². The van der Waals surface area contributed by atoms with Gasteiger partial charge in [0.05, 0.1) is 13.2 Å². The molecule has 17 heavy (non-hydrogen) atoms. The largest absolute Gasteiger partial charge is 0.465 e. The number of carbonyl (C=O) groups is 1. The van der Waals surface area contributed by atoms with Gasteiger partial charge in [-0.3, -0.25) is 9.69 Å². The minimum absolute atomic E-state index is 0.119. The lowest BCUT2D eigenvalue weighted by molar-refractivity contribution is -0.144. The molecule has 1 aliphatic heterocycles. The first-order valence-electron chi connectivity index (χ1n) is 6.24. The van der Waals surface area contributed by atoms with Gasteiger partial charge < -0.3 is 4.74 Å². The van der Waals surface area contributed by atoms with Crippen molar-refractivity contribution < 1.29 is 9.53 Å². The maximum absolute atomic E-state index is 11.5. The van der Waals surface area contributed by atoms with E-state index in [1.165, 1.54) is 11.1 Å². The van der Waals surface area contributed by atoms with Crippen LogP contribution in [0.2, 0.25) is 0 Å². The van der Waals surface area contributed by atoms with Crippen LogP contribution in [0.15, 0.2) is 24.3 Å². The number of ether oxygens (including phenoxy) is 1. The fourth-order valence-corrected chi connectivity index (χ4v) is 2.29. The molecule has 0 saturated carbocycles. The van der Waals surface area contributed by atoms with Crippen LogP contribution in [0, 0.1) is 0 Å². The predicted molar refractivity (Wildman–Crippen MR) is 66.7 cm³/mol.